The van der Waals surface area contributed by atoms with Crippen molar-refractivity contribution >= 4 is 34.9 Å². The minimum absolute atomic E-state index is 0.00510. The number of amides is 1. The third-order valence-corrected chi connectivity index (χ3v) is 6.47. The Balaban J connectivity index is 0.000000591. The molecular formula is C26H21F8N7O4. The molecule has 19 heteroatoms. The smallest absolute Gasteiger partial charge is 0.475 e. The van der Waals surface area contributed by atoms with Crippen LogP contribution in [0.15, 0.2) is 55.0 Å². The Morgan fingerprint density at radius 1 is 0.933 bits per heavy atom. The van der Waals surface area contributed by atoms with E-state index in [4.69, 9.17) is 15.0 Å². The Kier molecular flexibility index (Phi) is 9.29. The number of anilines is 3. The lowest BCUT2D eigenvalue weighted by Gasteiger charge is -2.40. The summed E-state index contributed by atoms with van der Waals surface area (Å²) in [6, 6.07) is 7.01. The van der Waals surface area contributed by atoms with Gasteiger partial charge in [-0.1, -0.05) is 6.07 Å². The van der Waals surface area contributed by atoms with Gasteiger partial charge in [0.2, 0.25) is 5.95 Å². The number of aliphatic carboxylic acids is 1. The topological polar surface area (TPSA) is 145 Å². The Labute approximate surface area is 247 Å². The first kappa shape index (κ1) is 32.7. The average Bonchev–Trinajstić information content (AvgIpc) is 3.34. The maximum absolute atomic E-state index is 14.3. The first-order valence-electron chi connectivity index (χ1n) is 12.7. The van der Waals surface area contributed by atoms with E-state index >= 15 is 0 Å². The number of carboxylic acid groups (broad SMARTS) is 2. The summed E-state index contributed by atoms with van der Waals surface area (Å²) in [6.45, 7) is -0.397. The van der Waals surface area contributed by atoms with E-state index in [2.05, 4.69) is 25.7 Å². The summed E-state index contributed by atoms with van der Waals surface area (Å²) in [6.07, 6.45) is -7.17. The van der Waals surface area contributed by atoms with E-state index in [0.29, 0.717) is 11.2 Å². The second-order valence-electron chi connectivity index (χ2n) is 9.58. The molecule has 0 aliphatic carbocycles. The van der Waals surface area contributed by atoms with Crippen LogP contribution in [0.5, 0.6) is 0 Å². The molecule has 1 aliphatic heterocycles. The summed E-state index contributed by atoms with van der Waals surface area (Å²) in [5.74, 6) is -5.99. The number of nitrogens with zero attached hydrogens (tertiary/aromatic N) is 5. The number of alkyl halides is 6. The monoisotopic (exact) mass is 647 g/mol. The SMILES string of the molecule is O=C(O)C(F)(F)F.O=C(O)N[C@@H]1C[C@@H](C(F)(F)F)CN(c2ccncc2Nc2ncc3ccc(-c4c(F)cccc4F)nn23)C1. The maximum Gasteiger partial charge on any atom is 0.490 e. The van der Waals surface area contributed by atoms with E-state index in [9.17, 15) is 39.9 Å². The molecule has 1 aromatic carbocycles. The highest BCUT2D eigenvalue weighted by Gasteiger charge is 2.45. The van der Waals surface area contributed by atoms with Gasteiger partial charge in [-0.3, -0.25) is 4.98 Å². The fourth-order valence-electron chi connectivity index (χ4n) is 4.54. The van der Waals surface area contributed by atoms with Crippen molar-refractivity contribution in [3.8, 4) is 11.3 Å². The summed E-state index contributed by atoms with van der Waals surface area (Å²) < 4.78 is 103. The van der Waals surface area contributed by atoms with Gasteiger partial charge in [-0.05, 0) is 36.8 Å². The third kappa shape index (κ3) is 7.84. The molecular weight excluding hydrogens is 626 g/mol. The molecule has 11 nitrogen and oxygen atoms in total. The molecule has 0 saturated carbocycles. The average molecular weight is 647 g/mol. The quantitative estimate of drug-likeness (QED) is 0.207. The van der Waals surface area contributed by atoms with Crippen molar-refractivity contribution in [3.63, 3.8) is 0 Å². The molecule has 4 N–H and O–H groups in total. The van der Waals surface area contributed by atoms with Gasteiger partial charge in [0.25, 0.3) is 0 Å². The molecule has 45 heavy (non-hydrogen) atoms. The van der Waals surface area contributed by atoms with Crippen molar-refractivity contribution in [2.24, 2.45) is 5.92 Å². The van der Waals surface area contributed by atoms with Crippen molar-refractivity contribution in [1.82, 2.24) is 24.9 Å². The number of halogens is 8. The van der Waals surface area contributed by atoms with Crippen LogP contribution in [0.4, 0.5) is 57.2 Å². The number of hydrogen-bond donors (Lipinski definition) is 4. The van der Waals surface area contributed by atoms with E-state index < -0.39 is 54.6 Å². The Morgan fingerprint density at radius 2 is 1.60 bits per heavy atom. The number of aromatic nitrogens is 4. The number of piperidine rings is 1. The van der Waals surface area contributed by atoms with Crippen LogP contribution in [0.3, 0.4) is 0 Å². The number of hydrogen-bond acceptors (Lipinski definition) is 7. The first-order valence-corrected chi connectivity index (χ1v) is 12.7. The number of fused-ring (bicyclic) bond motifs is 1. The zero-order chi connectivity index (χ0) is 33.1. The molecule has 0 unspecified atom stereocenters. The molecule has 1 aliphatic rings. The first-order chi connectivity index (χ1) is 21.0. The molecule has 3 aromatic heterocycles. The number of benzene rings is 1. The third-order valence-electron chi connectivity index (χ3n) is 6.47. The molecule has 4 heterocycles. The second-order valence-corrected chi connectivity index (χ2v) is 9.58. The number of carbonyl (C=O) groups is 2. The normalized spacial score (nSPS) is 16.9. The Hall–Kier alpha value is -5.23. The van der Waals surface area contributed by atoms with E-state index in [1.165, 1.54) is 46.2 Å². The van der Waals surface area contributed by atoms with Crippen LogP contribution in [-0.4, -0.2) is 73.3 Å². The van der Waals surface area contributed by atoms with Gasteiger partial charge in [0.1, 0.15) is 11.6 Å². The zero-order valence-corrected chi connectivity index (χ0v) is 22.4. The molecule has 240 valence electrons. The van der Waals surface area contributed by atoms with Gasteiger partial charge < -0.3 is 25.7 Å². The maximum atomic E-state index is 14.3. The van der Waals surface area contributed by atoms with Crippen LogP contribution in [-0.2, 0) is 4.79 Å². The predicted molar refractivity (Wildman–Crippen MR) is 141 cm³/mol. The Morgan fingerprint density at radius 3 is 2.20 bits per heavy atom. The molecule has 2 atom stereocenters. The van der Waals surface area contributed by atoms with Crippen LogP contribution in [0.25, 0.3) is 16.8 Å². The van der Waals surface area contributed by atoms with Gasteiger partial charge in [-0.15, -0.1) is 0 Å². The molecule has 4 aromatic rings. The standard InChI is InChI=1S/C24H20F5N7O2.C2HF3O2/c25-16-2-1-3-17(26)21(16)18-5-4-15-9-31-22(36(15)34-18)33-19-10-30-7-6-20(19)35-11-13(24(27,28)29)8-14(12-35)32-23(37)38;3-2(4,5)1(6)7/h1-7,9-10,13-14,32H,8,11-12H2,(H,31,33)(H,37,38);(H,6,7)/t13-,14-;/m1./s1. The number of carboxylic acids is 1. The van der Waals surface area contributed by atoms with Gasteiger partial charge in [0.05, 0.1) is 52.5 Å². The second kappa shape index (κ2) is 12.8. The summed E-state index contributed by atoms with van der Waals surface area (Å²) in [7, 11) is 0. The lowest BCUT2D eigenvalue weighted by Crippen LogP contribution is -2.53. The molecule has 0 bridgehead atoms. The fourth-order valence-corrected chi connectivity index (χ4v) is 4.54. The molecule has 5 rings (SSSR count). The summed E-state index contributed by atoms with van der Waals surface area (Å²) in [4.78, 5) is 29.8. The predicted octanol–water partition coefficient (Wildman–Crippen LogP) is 5.47. The lowest BCUT2D eigenvalue weighted by atomic mass is 9.93. The number of imidazole rings is 1. The van der Waals surface area contributed by atoms with Gasteiger partial charge in [0.15, 0.2) is 0 Å². The lowest BCUT2D eigenvalue weighted by molar-refractivity contribution is -0.192. The van der Waals surface area contributed by atoms with E-state index in [-0.39, 0.29) is 35.9 Å². The van der Waals surface area contributed by atoms with Crippen molar-refractivity contribution in [2.45, 2.75) is 24.8 Å². The fraction of sp³-hybridized carbons (Fsp3) is 0.269. The summed E-state index contributed by atoms with van der Waals surface area (Å²) in [5.41, 5.74) is 0.784. The van der Waals surface area contributed by atoms with Gasteiger partial charge in [-0.25, -0.2) is 23.4 Å². The molecule has 0 spiro atoms. The van der Waals surface area contributed by atoms with Crippen molar-refractivity contribution < 1.29 is 54.9 Å². The van der Waals surface area contributed by atoms with Crippen LogP contribution < -0.4 is 15.5 Å². The largest absolute Gasteiger partial charge is 0.490 e. The molecule has 1 fully saturated rings. The van der Waals surface area contributed by atoms with Gasteiger partial charge in [0, 0.05) is 19.3 Å². The van der Waals surface area contributed by atoms with Gasteiger partial charge in [-0.2, -0.15) is 36.0 Å². The summed E-state index contributed by atoms with van der Waals surface area (Å²) in [5, 5.41) is 25.7. The van der Waals surface area contributed by atoms with Crippen molar-refractivity contribution in [3.05, 3.63) is 66.6 Å². The van der Waals surface area contributed by atoms with Crippen LogP contribution in [0, 0.1) is 17.6 Å². The van der Waals surface area contributed by atoms with E-state index in [1.807, 2.05) is 0 Å². The minimum atomic E-state index is -5.08. The highest BCUT2D eigenvalue weighted by Crippen LogP contribution is 2.37. The summed E-state index contributed by atoms with van der Waals surface area (Å²) >= 11 is 0. The highest BCUT2D eigenvalue weighted by atomic mass is 19.4. The minimum Gasteiger partial charge on any atom is -0.475 e. The van der Waals surface area contributed by atoms with Crippen molar-refractivity contribution in [2.75, 3.05) is 23.3 Å². The molecule has 0 radical (unpaired) electrons. The zero-order valence-electron chi connectivity index (χ0n) is 22.4. The van der Waals surface area contributed by atoms with Crippen molar-refractivity contribution in [1.29, 1.82) is 0 Å². The van der Waals surface area contributed by atoms with E-state index in [1.54, 1.807) is 6.07 Å². The highest BCUT2D eigenvalue weighted by molar-refractivity contribution is 5.74. The Bertz CT molecular complexity index is 1680. The number of rotatable bonds is 5. The van der Waals surface area contributed by atoms with Crippen LogP contribution >= 0.6 is 0 Å². The molecule has 1 amide bonds. The number of pyridine rings is 1. The molecule has 1 saturated heterocycles. The van der Waals surface area contributed by atoms with Crippen LogP contribution in [0.2, 0.25) is 0 Å². The number of nitrogens with one attached hydrogen (secondary N) is 2. The van der Waals surface area contributed by atoms with Crippen LogP contribution in [0.1, 0.15) is 6.42 Å². The van der Waals surface area contributed by atoms with Gasteiger partial charge >= 0.3 is 24.4 Å². The van der Waals surface area contributed by atoms with E-state index in [0.717, 1.165) is 12.1 Å².